The Kier molecular flexibility index (Phi) is 3.27. The molecule has 1 aromatic rings. The lowest BCUT2D eigenvalue weighted by Crippen LogP contribution is -2.41. The summed E-state index contributed by atoms with van der Waals surface area (Å²) >= 11 is 0. The molecule has 0 aliphatic carbocycles. The molecule has 90 valence electrons. The number of carbonyl (C=O) groups is 2. The quantitative estimate of drug-likeness (QED) is 0.793. The highest BCUT2D eigenvalue weighted by molar-refractivity contribution is 6.02. The Morgan fingerprint density at radius 2 is 2.24 bits per heavy atom. The summed E-state index contributed by atoms with van der Waals surface area (Å²) in [7, 11) is 1.34. The number of carbonyl (C=O) groups excluding carboxylic acids is 2. The van der Waals surface area contributed by atoms with Gasteiger partial charge in [0.15, 0.2) is 0 Å². The summed E-state index contributed by atoms with van der Waals surface area (Å²) in [6.45, 7) is 0.613. The van der Waals surface area contributed by atoms with Crippen molar-refractivity contribution in [1.82, 2.24) is 0 Å². The number of esters is 1. The summed E-state index contributed by atoms with van der Waals surface area (Å²) in [6, 6.07) is 7.54. The van der Waals surface area contributed by atoms with Crippen LogP contribution in [0.4, 0.5) is 11.4 Å². The normalized spacial score (nSPS) is 13.9. The Morgan fingerprint density at radius 1 is 1.47 bits per heavy atom. The van der Waals surface area contributed by atoms with Gasteiger partial charge in [0.05, 0.1) is 31.5 Å². The van der Waals surface area contributed by atoms with Gasteiger partial charge >= 0.3 is 5.97 Å². The molecule has 0 bridgehead atoms. The van der Waals surface area contributed by atoms with Crippen molar-refractivity contribution in [3.05, 3.63) is 24.3 Å². The number of para-hydroxylation sites is 2. The van der Waals surface area contributed by atoms with Gasteiger partial charge in [0.2, 0.25) is 5.91 Å². The van der Waals surface area contributed by atoms with Crippen molar-refractivity contribution in [3.63, 3.8) is 0 Å². The van der Waals surface area contributed by atoms with Crippen molar-refractivity contribution in [2.24, 2.45) is 0 Å². The first-order valence-corrected chi connectivity index (χ1v) is 5.42. The fraction of sp³-hybridized carbons (Fsp3) is 0.333. The van der Waals surface area contributed by atoms with E-state index >= 15 is 0 Å². The first-order chi connectivity index (χ1) is 8.22. The zero-order chi connectivity index (χ0) is 12.3. The van der Waals surface area contributed by atoms with Crippen LogP contribution >= 0.6 is 0 Å². The molecule has 0 saturated carbocycles. The Balaban J connectivity index is 2.15. The van der Waals surface area contributed by atoms with E-state index in [-0.39, 0.29) is 24.8 Å². The van der Waals surface area contributed by atoms with E-state index in [2.05, 4.69) is 10.1 Å². The van der Waals surface area contributed by atoms with Crippen molar-refractivity contribution < 1.29 is 14.3 Å². The number of fused-ring (bicyclic) bond motifs is 1. The first-order valence-electron chi connectivity index (χ1n) is 5.42. The maximum atomic E-state index is 11.8. The van der Waals surface area contributed by atoms with E-state index < -0.39 is 0 Å². The van der Waals surface area contributed by atoms with E-state index in [1.807, 2.05) is 24.3 Å². The molecular weight excluding hydrogens is 220 g/mol. The Labute approximate surface area is 99.4 Å². The van der Waals surface area contributed by atoms with E-state index in [1.54, 1.807) is 4.90 Å². The van der Waals surface area contributed by atoms with Crippen molar-refractivity contribution in [2.45, 2.75) is 6.42 Å². The predicted molar refractivity (Wildman–Crippen MR) is 63.9 cm³/mol. The minimum absolute atomic E-state index is 0.0346. The number of hydrogen-bond donors (Lipinski definition) is 1. The molecular formula is C12H14N2O3. The van der Waals surface area contributed by atoms with Crippen LogP contribution in [0.1, 0.15) is 6.42 Å². The summed E-state index contributed by atoms with van der Waals surface area (Å²) in [4.78, 5) is 24.5. The molecule has 17 heavy (non-hydrogen) atoms. The topological polar surface area (TPSA) is 58.6 Å². The van der Waals surface area contributed by atoms with Crippen LogP contribution in [0.25, 0.3) is 0 Å². The maximum absolute atomic E-state index is 11.8. The average Bonchev–Trinajstić information content (AvgIpc) is 2.37. The molecule has 1 heterocycles. The molecule has 1 N–H and O–H groups in total. The predicted octanol–water partition coefficient (Wildman–Crippen LogP) is 1.01. The molecule has 5 nitrogen and oxygen atoms in total. The van der Waals surface area contributed by atoms with Crippen molar-refractivity contribution in [3.8, 4) is 0 Å². The average molecular weight is 234 g/mol. The molecule has 0 saturated heterocycles. The zero-order valence-corrected chi connectivity index (χ0v) is 9.60. The van der Waals surface area contributed by atoms with Crippen LogP contribution in [0.2, 0.25) is 0 Å². The van der Waals surface area contributed by atoms with Crippen LogP contribution in [-0.2, 0) is 14.3 Å². The molecule has 1 aliphatic heterocycles. The summed E-state index contributed by atoms with van der Waals surface area (Å²) in [6.07, 6.45) is 0.205. The third kappa shape index (κ3) is 2.38. The smallest absolute Gasteiger partial charge is 0.307 e. The highest BCUT2D eigenvalue weighted by atomic mass is 16.5. The number of benzene rings is 1. The molecule has 0 atom stereocenters. The summed E-state index contributed by atoms with van der Waals surface area (Å²) in [5.74, 6) is -0.346. The number of rotatable bonds is 3. The molecule has 0 aromatic heterocycles. The number of amides is 1. The number of methoxy groups -OCH3 is 1. The summed E-state index contributed by atoms with van der Waals surface area (Å²) in [5, 5.41) is 3.04. The molecule has 0 unspecified atom stereocenters. The van der Waals surface area contributed by atoms with Gasteiger partial charge in [0.1, 0.15) is 0 Å². The van der Waals surface area contributed by atoms with E-state index in [9.17, 15) is 9.59 Å². The second kappa shape index (κ2) is 4.86. The molecule has 1 aromatic carbocycles. The Morgan fingerprint density at radius 3 is 3.00 bits per heavy atom. The standard InChI is InChI=1S/C12H14N2O3/c1-17-12(16)6-7-14-10-5-3-2-4-9(10)13-8-11(14)15/h2-5,13H,6-8H2,1H3. The minimum atomic E-state index is -0.311. The van der Waals surface area contributed by atoms with Gasteiger partial charge in [0.25, 0.3) is 0 Å². The zero-order valence-electron chi connectivity index (χ0n) is 9.60. The minimum Gasteiger partial charge on any atom is -0.469 e. The van der Waals surface area contributed by atoms with Gasteiger partial charge in [-0.15, -0.1) is 0 Å². The van der Waals surface area contributed by atoms with Crippen molar-refractivity contribution >= 4 is 23.3 Å². The van der Waals surface area contributed by atoms with Crippen LogP contribution in [0.3, 0.4) is 0 Å². The monoisotopic (exact) mass is 234 g/mol. The van der Waals surface area contributed by atoms with Gasteiger partial charge < -0.3 is 15.0 Å². The molecule has 1 amide bonds. The lowest BCUT2D eigenvalue weighted by Gasteiger charge is -2.29. The molecule has 0 spiro atoms. The van der Waals surface area contributed by atoms with E-state index in [1.165, 1.54) is 7.11 Å². The number of ether oxygens (including phenoxy) is 1. The van der Waals surface area contributed by atoms with Crippen LogP contribution in [0.5, 0.6) is 0 Å². The van der Waals surface area contributed by atoms with E-state index in [0.29, 0.717) is 6.54 Å². The van der Waals surface area contributed by atoms with Crippen LogP contribution in [0, 0.1) is 0 Å². The highest BCUT2D eigenvalue weighted by Gasteiger charge is 2.23. The first kappa shape index (κ1) is 11.4. The highest BCUT2D eigenvalue weighted by Crippen LogP contribution is 2.28. The fourth-order valence-electron chi connectivity index (χ4n) is 1.81. The molecule has 0 fully saturated rings. The van der Waals surface area contributed by atoms with Crippen LogP contribution < -0.4 is 10.2 Å². The van der Waals surface area contributed by atoms with Gasteiger partial charge in [-0.2, -0.15) is 0 Å². The van der Waals surface area contributed by atoms with Gasteiger partial charge in [0, 0.05) is 6.54 Å². The maximum Gasteiger partial charge on any atom is 0.307 e. The second-order valence-electron chi connectivity index (χ2n) is 3.74. The number of nitrogens with zero attached hydrogens (tertiary/aromatic N) is 1. The van der Waals surface area contributed by atoms with Crippen molar-refractivity contribution in [2.75, 3.05) is 30.4 Å². The number of anilines is 2. The van der Waals surface area contributed by atoms with Gasteiger partial charge in [-0.25, -0.2) is 0 Å². The lowest BCUT2D eigenvalue weighted by molar-refractivity contribution is -0.140. The number of hydrogen-bond acceptors (Lipinski definition) is 4. The Bertz CT molecular complexity index is 445. The lowest BCUT2D eigenvalue weighted by atomic mass is 10.2. The van der Waals surface area contributed by atoms with E-state index in [4.69, 9.17) is 0 Å². The SMILES string of the molecule is COC(=O)CCN1C(=O)CNc2ccccc21. The van der Waals surface area contributed by atoms with Gasteiger partial charge in [-0.3, -0.25) is 9.59 Å². The summed E-state index contributed by atoms with van der Waals surface area (Å²) < 4.78 is 4.57. The molecule has 1 aliphatic rings. The largest absolute Gasteiger partial charge is 0.469 e. The Hall–Kier alpha value is -2.04. The van der Waals surface area contributed by atoms with Crippen molar-refractivity contribution in [1.29, 1.82) is 0 Å². The van der Waals surface area contributed by atoms with Crippen LogP contribution in [-0.4, -0.2) is 32.1 Å². The molecule has 2 rings (SSSR count). The third-order valence-electron chi connectivity index (χ3n) is 2.69. The van der Waals surface area contributed by atoms with E-state index in [0.717, 1.165) is 11.4 Å². The second-order valence-corrected chi connectivity index (χ2v) is 3.74. The molecule has 0 radical (unpaired) electrons. The third-order valence-corrected chi connectivity index (χ3v) is 2.69. The van der Waals surface area contributed by atoms with Gasteiger partial charge in [-0.1, -0.05) is 12.1 Å². The molecule has 5 heteroatoms. The van der Waals surface area contributed by atoms with Crippen LogP contribution in [0.15, 0.2) is 24.3 Å². The van der Waals surface area contributed by atoms with Gasteiger partial charge in [-0.05, 0) is 12.1 Å². The fourth-order valence-corrected chi connectivity index (χ4v) is 1.81. The summed E-state index contributed by atoms with van der Waals surface area (Å²) in [5.41, 5.74) is 1.73. The number of nitrogens with one attached hydrogen (secondary N) is 1.